The van der Waals surface area contributed by atoms with Crippen molar-refractivity contribution < 1.29 is 14.3 Å². The van der Waals surface area contributed by atoms with Crippen LogP contribution in [0.4, 0.5) is 0 Å². The van der Waals surface area contributed by atoms with Crippen molar-refractivity contribution in [1.29, 1.82) is 0 Å². The van der Waals surface area contributed by atoms with Gasteiger partial charge in [0, 0.05) is 57.9 Å². The molecular weight excluding hydrogens is 390 g/mol. The predicted molar refractivity (Wildman–Crippen MR) is 121 cm³/mol. The molecular formula is C25H37N3O3. The lowest BCUT2D eigenvalue weighted by Gasteiger charge is -2.39. The number of ether oxygens (including phenoxy) is 1. The van der Waals surface area contributed by atoms with Crippen molar-refractivity contribution in [2.24, 2.45) is 5.92 Å². The summed E-state index contributed by atoms with van der Waals surface area (Å²) in [5.41, 5.74) is 0. The fraction of sp³-hybridized carbons (Fsp3) is 0.680. The van der Waals surface area contributed by atoms with Crippen LogP contribution in [-0.2, 0) is 9.59 Å². The van der Waals surface area contributed by atoms with E-state index in [2.05, 4.69) is 4.90 Å². The molecule has 0 radical (unpaired) electrons. The molecule has 0 aromatic heterocycles. The van der Waals surface area contributed by atoms with E-state index in [-0.39, 0.29) is 23.8 Å². The molecule has 3 fully saturated rings. The second-order valence-corrected chi connectivity index (χ2v) is 9.30. The van der Waals surface area contributed by atoms with Crippen LogP contribution in [0.15, 0.2) is 30.3 Å². The number of carbonyl (C=O) groups excluding carboxylic acids is 2. The largest absolute Gasteiger partial charge is 0.490 e. The smallest absolute Gasteiger partial charge is 0.223 e. The maximum Gasteiger partial charge on any atom is 0.223 e. The van der Waals surface area contributed by atoms with Crippen molar-refractivity contribution in [1.82, 2.24) is 14.7 Å². The van der Waals surface area contributed by atoms with Gasteiger partial charge in [0.25, 0.3) is 0 Å². The fourth-order valence-electron chi connectivity index (χ4n) is 5.18. The molecule has 6 heteroatoms. The normalized spacial score (nSPS) is 24.9. The van der Waals surface area contributed by atoms with Crippen LogP contribution in [0.25, 0.3) is 0 Å². The lowest BCUT2D eigenvalue weighted by atomic mass is 9.90. The number of para-hydroxylation sites is 1. The molecule has 1 aromatic rings. The highest BCUT2D eigenvalue weighted by Crippen LogP contribution is 2.27. The summed E-state index contributed by atoms with van der Waals surface area (Å²) in [5, 5.41) is 0. The van der Waals surface area contributed by atoms with Gasteiger partial charge in [0.1, 0.15) is 11.9 Å². The Bertz CT molecular complexity index is 714. The van der Waals surface area contributed by atoms with Crippen molar-refractivity contribution in [3.8, 4) is 5.75 Å². The average molecular weight is 428 g/mol. The second-order valence-electron chi connectivity index (χ2n) is 9.30. The third-order valence-corrected chi connectivity index (χ3v) is 7.03. The molecule has 4 rings (SSSR count). The van der Waals surface area contributed by atoms with Gasteiger partial charge < -0.3 is 19.4 Å². The lowest BCUT2D eigenvalue weighted by molar-refractivity contribution is -0.139. The zero-order valence-electron chi connectivity index (χ0n) is 18.7. The number of benzene rings is 1. The Morgan fingerprint density at radius 3 is 2.29 bits per heavy atom. The SMILES string of the molecule is O=C(C[C@H]1CN(C(=O)CCN2CCCC2)CC[C@@H]1Oc1ccccc1)N1CCCCC1. The summed E-state index contributed by atoms with van der Waals surface area (Å²) in [6.45, 7) is 6.17. The third-order valence-electron chi connectivity index (χ3n) is 7.03. The van der Waals surface area contributed by atoms with Gasteiger partial charge in [-0.05, 0) is 57.3 Å². The summed E-state index contributed by atoms with van der Waals surface area (Å²) >= 11 is 0. The van der Waals surface area contributed by atoms with Gasteiger partial charge in [-0.3, -0.25) is 9.59 Å². The minimum Gasteiger partial charge on any atom is -0.490 e. The Morgan fingerprint density at radius 1 is 0.839 bits per heavy atom. The van der Waals surface area contributed by atoms with E-state index in [9.17, 15) is 9.59 Å². The molecule has 2 amide bonds. The number of nitrogens with zero attached hydrogens (tertiary/aromatic N) is 3. The Labute approximate surface area is 186 Å². The average Bonchev–Trinajstić information content (AvgIpc) is 3.33. The van der Waals surface area contributed by atoms with Crippen LogP contribution in [0.2, 0.25) is 0 Å². The summed E-state index contributed by atoms with van der Waals surface area (Å²) in [7, 11) is 0. The molecule has 2 atom stereocenters. The highest BCUT2D eigenvalue weighted by Gasteiger charge is 2.35. The summed E-state index contributed by atoms with van der Waals surface area (Å²) in [4.78, 5) is 32.3. The monoisotopic (exact) mass is 427 g/mol. The first-order valence-electron chi connectivity index (χ1n) is 12.2. The summed E-state index contributed by atoms with van der Waals surface area (Å²) < 4.78 is 6.31. The Hall–Kier alpha value is -2.08. The summed E-state index contributed by atoms with van der Waals surface area (Å²) in [5.74, 6) is 1.33. The number of piperidine rings is 2. The maximum absolute atomic E-state index is 13.0. The van der Waals surface area contributed by atoms with E-state index in [0.29, 0.717) is 25.9 Å². The molecule has 3 saturated heterocycles. The van der Waals surface area contributed by atoms with Crippen LogP contribution >= 0.6 is 0 Å². The van der Waals surface area contributed by atoms with E-state index in [4.69, 9.17) is 4.74 Å². The molecule has 3 heterocycles. The quantitative estimate of drug-likeness (QED) is 0.671. The highest BCUT2D eigenvalue weighted by atomic mass is 16.5. The molecule has 1 aromatic carbocycles. The first-order chi connectivity index (χ1) is 15.2. The molecule has 31 heavy (non-hydrogen) atoms. The maximum atomic E-state index is 13.0. The van der Waals surface area contributed by atoms with E-state index in [1.54, 1.807) is 0 Å². The van der Waals surface area contributed by atoms with Crippen LogP contribution in [0.5, 0.6) is 5.75 Å². The van der Waals surface area contributed by atoms with Crippen molar-refractivity contribution in [2.45, 2.75) is 57.5 Å². The Kier molecular flexibility index (Phi) is 7.84. The van der Waals surface area contributed by atoms with Crippen LogP contribution < -0.4 is 4.74 Å². The lowest BCUT2D eigenvalue weighted by Crippen LogP contribution is -2.50. The number of hydrogen-bond acceptors (Lipinski definition) is 4. The van der Waals surface area contributed by atoms with Gasteiger partial charge in [0.2, 0.25) is 11.8 Å². The van der Waals surface area contributed by atoms with Crippen LogP contribution in [0, 0.1) is 5.92 Å². The van der Waals surface area contributed by atoms with Gasteiger partial charge in [0.15, 0.2) is 0 Å². The number of carbonyl (C=O) groups is 2. The molecule has 0 unspecified atom stereocenters. The van der Waals surface area contributed by atoms with Crippen molar-refractivity contribution in [3.05, 3.63) is 30.3 Å². The highest BCUT2D eigenvalue weighted by molar-refractivity contribution is 5.78. The van der Waals surface area contributed by atoms with Crippen molar-refractivity contribution >= 4 is 11.8 Å². The van der Waals surface area contributed by atoms with E-state index < -0.39 is 0 Å². The first-order valence-corrected chi connectivity index (χ1v) is 12.2. The van der Waals surface area contributed by atoms with Gasteiger partial charge in [-0.1, -0.05) is 18.2 Å². The fourth-order valence-corrected chi connectivity index (χ4v) is 5.18. The topological polar surface area (TPSA) is 53.1 Å². The summed E-state index contributed by atoms with van der Waals surface area (Å²) in [6.07, 6.45) is 7.70. The number of amides is 2. The van der Waals surface area contributed by atoms with Crippen molar-refractivity contribution in [3.63, 3.8) is 0 Å². The van der Waals surface area contributed by atoms with Crippen LogP contribution in [0.1, 0.15) is 51.4 Å². The van der Waals surface area contributed by atoms with Gasteiger partial charge in [-0.2, -0.15) is 0 Å². The van der Waals surface area contributed by atoms with Crippen LogP contribution in [-0.4, -0.2) is 78.4 Å². The second kappa shape index (κ2) is 11.0. The Morgan fingerprint density at radius 2 is 1.55 bits per heavy atom. The van der Waals surface area contributed by atoms with Gasteiger partial charge in [-0.15, -0.1) is 0 Å². The van der Waals surface area contributed by atoms with Gasteiger partial charge in [0.05, 0.1) is 0 Å². The van der Waals surface area contributed by atoms with E-state index in [1.165, 1.54) is 19.3 Å². The molecule has 0 N–H and O–H groups in total. The zero-order chi connectivity index (χ0) is 21.5. The summed E-state index contributed by atoms with van der Waals surface area (Å²) in [6, 6.07) is 9.86. The number of rotatable bonds is 7. The molecule has 0 spiro atoms. The molecule has 3 aliphatic heterocycles. The number of hydrogen-bond donors (Lipinski definition) is 0. The molecule has 6 nitrogen and oxygen atoms in total. The van der Waals surface area contributed by atoms with Gasteiger partial charge >= 0.3 is 0 Å². The van der Waals surface area contributed by atoms with Gasteiger partial charge in [-0.25, -0.2) is 0 Å². The minimum absolute atomic E-state index is 0.0289. The number of likely N-dealkylation sites (tertiary alicyclic amines) is 3. The molecule has 3 aliphatic rings. The predicted octanol–water partition coefficient (Wildman–Crippen LogP) is 3.17. The zero-order valence-corrected chi connectivity index (χ0v) is 18.7. The third kappa shape index (κ3) is 6.22. The van der Waals surface area contributed by atoms with E-state index >= 15 is 0 Å². The minimum atomic E-state index is -0.0289. The molecule has 170 valence electrons. The first kappa shape index (κ1) is 22.1. The molecule has 0 saturated carbocycles. The van der Waals surface area contributed by atoms with E-state index in [1.807, 2.05) is 40.1 Å². The molecule has 0 aliphatic carbocycles. The standard InChI is InChI=1S/C25H37N3O3/c29-24(12-17-26-13-7-8-14-26)28-18-11-23(31-22-9-3-1-4-10-22)21(20-28)19-25(30)27-15-5-2-6-16-27/h1,3-4,9-10,21,23H,2,5-8,11-20H2/t21-,23-/m0/s1. The Balaban J connectivity index is 1.37. The van der Waals surface area contributed by atoms with Crippen molar-refractivity contribution in [2.75, 3.05) is 45.8 Å². The van der Waals surface area contributed by atoms with Crippen LogP contribution in [0.3, 0.4) is 0 Å². The molecule has 0 bridgehead atoms. The van der Waals surface area contributed by atoms with E-state index in [0.717, 1.165) is 57.7 Å².